The molecule has 2 fully saturated rings. The third kappa shape index (κ3) is 3.00. The van der Waals surface area contributed by atoms with Crippen molar-refractivity contribution in [2.75, 3.05) is 0 Å². The molecule has 0 aromatic heterocycles. The van der Waals surface area contributed by atoms with Crippen molar-refractivity contribution in [3.8, 4) is 0 Å². The molecule has 0 aliphatic heterocycles. The maximum absolute atomic E-state index is 3.98. The first-order chi connectivity index (χ1) is 7.66. The fourth-order valence-corrected chi connectivity index (χ4v) is 3.79. The van der Waals surface area contributed by atoms with Gasteiger partial charge in [-0.05, 0) is 43.4 Å². The van der Waals surface area contributed by atoms with Crippen LogP contribution in [0.25, 0.3) is 0 Å². The van der Waals surface area contributed by atoms with Crippen molar-refractivity contribution in [3.63, 3.8) is 0 Å². The quantitative estimate of drug-likeness (QED) is 0.763. The second-order valence-corrected chi connectivity index (χ2v) is 6.58. The molecule has 2 aliphatic carbocycles. The highest BCUT2D eigenvalue weighted by molar-refractivity contribution is 4.88. The van der Waals surface area contributed by atoms with Crippen molar-refractivity contribution >= 4 is 0 Å². The van der Waals surface area contributed by atoms with Crippen LogP contribution in [0.1, 0.15) is 65.7 Å². The molecule has 3 atom stereocenters. The molecule has 16 heavy (non-hydrogen) atoms. The van der Waals surface area contributed by atoms with Crippen LogP contribution in [0.2, 0.25) is 0 Å². The van der Waals surface area contributed by atoms with E-state index in [9.17, 15) is 0 Å². The number of nitrogens with one attached hydrogen (secondary N) is 1. The van der Waals surface area contributed by atoms with Gasteiger partial charge in [-0.3, -0.25) is 0 Å². The summed E-state index contributed by atoms with van der Waals surface area (Å²) in [4.78, 5) is 0. The lowest BCUT2D eigenvalue weighted by Gasteiger charge is -2.39. The summed E-state index contributed by atoms with van der Waals surface area (Å²) in [5, 5.41) is 3.98. The maximum Gasteiger partial charge on any atom is 0.0103 e. The Labute approximate surface area is 101 Å². The molecular weight excluding hydrogens is 194 g/mol. The van der Waals surface area contributed by atoms with Gasteiger partial charge in [0.1, 0.15) is 0 Å². The standard InChI is InChI=1S/C15H29N/c1-11(2)14-9-8-12(3)10-15(14)16-13-6-4-5-7-13/h11-16H,4-10H2,1-3H3. The van der Waals surface area contributed by atoms with Crippen molar-refractivity contribution in [3.05, 3.63) is 0 Å². The normalized spacial score (nSPS) is 37.1. The van der Waals surface area contributed by atoms with E-state index in [1.807, 2.05) is 0 Å². The highest BCUT2D eigenvalue weighted by Gasteiger charge is 2.32. The molecule has 2 saturated carbocycles. The third-order valence-corrected chi connectivity index (χ3v) is 4.83. The summed E-state index contributed by atoms with van der Waals surface area (Å²) < 4.78 is 0. The van der Waals surface area contributed by atoms with Gasteiger partial charge in [-0.15, -0.1) is 0 Å². The van der Waals surface area contributed by atoms with Crippen LogP contribution in [0, 0.1) is 17.8 Å². The lowest BCUT2D eigenvalue weighted by Crippen LogP contribution is -2.46. The summed E-state index contributed by atoms with van der Waals surface area (Å²) in [7, 11) is 0. The van der Waals surface area contributed by atoms with Gasteiger partial charge >= 0.3 is 0 Å². The average molecular weight is 223 g/mol. The Morgan fingerprint density at radius 3 is 2.31 bits per heavy atom. The van der Waals surface area contributed by atoms with Crippen molar-refractivity contribution in [2.24, 2.45) is 17.8 Å². The van der Waals surface area contributed by atoms with Crippen LogP contribution in [0.4, 0.5) is 0 Å². The molecule has 1 N–H and O–H groups in total. The predicted molar refractivity (Wildman–Crippen MR) is 70.5 cm³/mol. The molecule has 1 heteroatoms. The van der Waals surface area contributed by atoms with Crippen molar-refractivity contribution in [1.82, 2.24) is 5.32 Å². The predicted octanol–water partition coefficient (Wildman–Crippen LogP) is 3.98. The molecule has 1 nitrogen and oxygen atoms in total. The van der Waals surface area contributed by atoms with Gasteiger partial charge in [0, 0.05) is 12.1 Å². The summed E-state index contributed by atoms with van der Waals surface area (Å²) in [6, 6.07) is 1.66. The first-order valence-corrected chi connectivity index (χ1v) is 7.43. The molecule has 0 bridgehead atoms. The number of hydrogen-bond donors (Lipinski definition) is 1. The molecule has 0 saturated heterocycles. The lowest BCUT2D eigenvalue weighted by atomic mass is 9.74. The second kappa shape index (κ2) is 5.53. The minimum atomic E-state index is 0.812. The summed E-state index contributed by atoms with van der Waals surface area (Å²) in [5.41, 5.74) is 0. The van der Waals surface area contributed by atoms with Crippen molar-refractivity contribution in [1.29, 1.82) is 0 Å². The molecule has 0 radical (unpaired) electrons. The molecule has 94 valence electrons. The van der Waals surface area contributed by atoms with Crippen LogP contribution in [0.3, 0.4) is 0 Å². The van der Waals surface area contributed by atoms with E-state index in [2.05, 4.69) is 26.1 Å². The van der Waals surface area contributed by atoms with Gasteiger partial charge in [0.25, 0.3) is 0 Å². The Morgan fingerprint density at radius 2 is 1.69 bits per heavy atom. The first-order valence-electron chi connectivity index (χ1n) is 7.43. The molecule has 0 aromatic carbocycles. The van der Waals surface area contributed by atoms with E-state index in [0.717, 1.165) is 29.8 Å². The number of hydrogen-bond acceptors (Lipinski definition) is 1. The summed E-state index contributed by atoms with van der Waals surface area (Å²) in [5.74, 6) is 2.72. The highest BCUT2D eigenvalue weighted by Crippen LogP contribution is 2.34. The van der Waals surface area contributed by atoms with Crippen LogP contribution in [-0.4, -0.2) is 12.1 Å². The van der Waals surface area contributed by atoms with E-state index in [1.54, 1.807) is 0 Å². The van der Waals surface area contributed by atoms with Crippen LogP contribution >= 0.6 is 0 Å². The summed E-state index contributed by atoms with van der Waals surface area (Å²) in [6.07, 6.45) is 10.1. The largest absolute Gasteiger partial charge is 0.311 e. The topological polar surface area (TPSA) is 12.0 Å². The van der Waals surface area contributed by atoms with E-state index >= 15 is 0 Å². The zero-order valence-corrected chi connectivity index (χ0v) is 11.3. The van der Waals surface area contributed by atoms with Crippen LogP contribution in [-0.2, 0) is 0 Å². The zero-order valence-electron chi connectivity index (χ0n) is 11.3. The van der Waals surface area contributed by atoms with Gasteiger partial charge in [0.05, 0.1) is 0 Å². The molecule has 0 aromatic rings. The minimum absolute atomic E-state index is 0.812. The van der Waals surface area contributed by atoms with Gasteiger partial charge in [0.2, 0.25) is 0 Å². The average Bonchev–Trinajstić information content (AvgIpc) is 2.70. The van der Waals surface area contributed by atoms with Crippen LogP contribution in [0.15, 0.2) is 0 Å². The molecule has 3 unspecified atom stereocenters. The molecule has 0 spiro atoms. The zero-order chi connectivity index (χ0) is 11.5. The molecule has 0 heterocycles. The molecule has 2 aliphatic rings. The van der Waals surface area contributed by atoms with Crippen molar-refractivity contribution in [2.45, 2.75) is 77.8 Å². The van der Waals surface area contributed by atoms with E-state index < -0.39 is 0 Å². The summed E-state index contributed by atoms with van der Waals surface area (Å²) in [6.45, 7) is 7.24. The van der Waals surface area contributed by atoms with Crippen LogP contribution in [0.5, 0.6) is 0 Å². The molecule has 0 amide bonds. The maximum atomic E-state index is 3.98. The monoisotopic (exact) mass is 223 g/mol. The Morgan fingerprint density at radius 1 is 1.00 bits per heavy atom. The van der Waals surface area contributed by atoms with Gasteiger partial charge in [0.15, 0.2) is 0 Å². The minimum Gasteiger partial charge on any atom is -0.311 e. The van der Waals surface area contributed by atoms with Crippen molar-refractivity contribution < 1.29 is 0 Å². The van der Waals surface area contributed by atoms with E-state index in [0.29, 0.717) is 0 Å². The highest BCUT2D eigenvalue weighted by atomic mass is 15.0. The number of rotatable bonds is 3. The van der Waals surface area contributed by atoms with Crippen LogP contribution < -0.4 is 5.32 Å². The van der Waals surface area contributed by atoms with Gasteiger partial charge in [-0.1, -0.05) is 40.0 Å². The fourth-order valence-electron chi connectivity index (χ4n) is 3.79. The lowest BCUT2D eigenvalue weighted by molar-refractivity contribution is 0.159. The third-order valence-electron chi connectivity index (χ3n) is 4.83. The van der Waals surface area contributed by atoms with E-state index in [-0.39, 0.29) is 0 Å². The first kappa shape index (κ1) is 12.4. The summed E-state index contributed by atoms with van der Waals surface area (Å²) >= 11 is 0. The fraction of sp³-hybridized carbons (Fsp3) is 1.00. The second-order valence-electron chi connectivity index (χ2n) is 6.58. The molecular formula is C15H29N. The van der Waals surface area contributed by atoms with Gasteiger partial charge in [-0.25, -0.2) is 0 Å². The van der Waals surface area contributed by atoms with Gasteiger partial charge < -0.3 is 5.32 Å². The Hall–Kier alpha value is -0.0400. The smallest absolute Gasteiger partial charge is 0.0103 e. The van der Waals surface area contributed by atoms with Gasteiger partial charge in [-0.2, -0.15) is 0 Å². The Bertz CT molecular complexity index is 205. The Balaban J connectivity index is 1.91. The SMILES string of the molecule is CC1CCC(C(C)C)C(NC2CCCC2)C1. The molecule has 2 rings (SSSR count). The Kier molecular flexibility index (Phi) is 4.29. The van der Waals surface area contributed by atoms with E-state index in [1.165, 1.54) is 44.9 Å². The van der Waals surface area contributed by atoms with E-state index in [4.69, 9.17) is 0 Å².